The number of aromatic nitrogens is 1. The van der Waals surface area contributed by atoms with E-state index in [1.165, 1.54) is 29.4 Å². The number of anilines is 2. The summed E-state index contributed by atoms with van der Waals surface area (Å²) in [4.78, 5) is 45.5. The quantitative estimate of drug-likeness (QED) is 0.363. The number of hydrazine groups is 1. The van der Waals surface area contributed by atoms with Crippen molar-refractivity contribution < 1.29 is 32.3 Å². The standard InChI is InChI=1S/C25H20F3N5O4/c26-25(27,28)37-19-8-6-18(7-9-19)33-22(35)24(11-12-24)32(23(33)36)15-17-10-13-29-14-20(17)30-31-21(34)16-4-2-1-3-5-16/h1-10,13-14,30H,11-12,15H2,(H,31,34). The summed E-state index contributed by atoms with van der Waals surface area (Å²) in [5.74, 6) is -1.27. The lowest BCUT2D eigenvalue weighted by atomic mass is 10.1. The average Bonchev–Trinajstić information content (AvgIpc) is 3.65. The van der Waals surface area contributed by atoms with Crippen molar-refractivity contribution in [3.05, 3.63) is 84.2 Å². The topological polar surface area (TPSA) is 104 Å². The zero-order valence-electron chi connectivity index (χ0n) is 19.2. The lowest BCUT2D eigenvalue weighted by Gasteiger charge is -2.23. The molecule has 0 atom stereocenters. The van der Waals surface area contributed by atoms with E-state index in [9.17, 15) is 27.6 Å². The van der Waals surface area contributed by atoms with E-state index < -0.39 is 29.6 Å². The molecule has 4 amide bonds. The number of carbonyl (C=O) groups is 3. The van der Waals surface area contributed by atoms with Crippen LogP contribution in [0.4, 0.5) is 29.3 Å². The molecule has 1 aliphatic heterocycles. The molecular weight excluding hydrogens is 491 g/mol. The molecule has 1 aromatic heterocycles. The normalized spacial score (nSPS) is 16.2. The first-order chi connectivity index (χ1) is 17.7. The molecule has 9 nitrogen and oxygen atoms in total. The molecule has 1 saturated carbocycles. The number of rotatable bonds is 7. The number of halogens is 3. The summed E-state index contributed by atoms with van der Waals surface area (Å²) in [6.07, 6.45) is -0.922. The van der Waals surface area contributed by atoms with Gasteiger partial charge < -0.3 is 9.64 Å². The Morgan fingerprint density at radius 3 is 2.38 bits per heavy atom. The smallest absolute Gasteiger partial charge is 0.406 e. The van der Waals surface area contributed by atoms with Crippen LogP contribution in [0.1, 0.15) is 28.8 Å². The van der Waals surface area contributed by atoms with E-state index >= 15 is 0 Å². The highest BCUT2D eigenvalue weighted by molar-refractivity contribution is 6.24. The summed E-state index contributed by atoms with van der Waals surface area (Å²) in [5.41, 5.74) is 6.02. The third kappa shape index (κ3) is 4.77. The van der Waals surface area contributed by atoms with Gasteiger partial charge in [-0.1, -0.05) is 18.2 Å². The number of urea groups is 1. The van der Waals surface area contributed by atoms with Crippen molar-refractivity contribution >= 4 is 29.2 Å². The average molecular weight is 511 g/mol. The molecule has 1 spiro atoms. The van der Waals surface area contributed by atoms with Gasteiger partial charge in [-0.3, -0.25) is 25.4 Å². The second-order valence-corrected chi connectivity index (χ2v) is 8.56. The number of nitrogens with zero attached hydrogens (tertiary/aromatic N) is 3. The van der Waals surface area contributed by atoms with Gasteiger partial charge in [0.05, 0.1) is 24.1 Å². The maximum Gasteiger partial charge on any atom is 0.573 e. The van der Waals surface area contributed by atoms with Gasteiger partial charge in [0.25, 0.3) is 11.8 Å². The Bertz CT molecular complexity index is 1340. The molecule has 0 bridgehead atoms. The van der Waals surface area contributed by atoms with E-state index in [0.717, 1.165) is 17.0 Å². The molecule has 5 rings (SSSR count). The second kappa shape index (κ2) is 9.12. The van der Waals surface area contributed by atoms with Gasteiger partial charge in [0.1, 0.15) is 11.3 Å². The van der Waals surface area contributed by atoms with E-state index in [1.807, 2.05) is 0 Å². The van der Waals surface area contributed by atoms with Gasteiger partial charge in [0.15, 0.2) is 0 Å². The van der Waals surface area contributed by atoms with Gasteiger partial charge in [0.2, 0.25) is 0 Å². The molecule has 2 fully saturated rings. The highest BCUT2D eigenvalue weighted by Gasteiger charge is 2.65. The molecule has 190 valence electrons. The van der Waals surface area contributed by atoms with Crippen molar-refractivity contribution in [3.63, 3.8) is 0 Å². The summed E-state index contributed by atoms with van der Waals surface area (Å²) < 4.78 is 41.3. The van der Waals surface area contributed by atoms with Gasteiger partial charge >= 0.3 is 12.4 Å². The van der Waals surface area contributed by atoms with Crippen LogP contribution in [-0.4, -0.2) is 39.6 Å². The zero-order valence-corrected chi connectivity index (χ0v) is 19.2. The number of hydrogen-bond donors (Lipinski definition) is 2. The lowest BCUT2D eigenvalue weighted by molar-refractivity contribution is -0.274. The minimum atomic E-state index is -4.85. The van der Waals surface area contributed by atoms with Crippen molar-refractivity contribution in [2.24, 2.45) is 0 Å². The van der Waals surface area contributed by atoms with E-state index in [1.54, 1.807) is 36.4 Å². The van der Waals surface area contributed by atoms with Crippen molar-refractivity contribution in [3.8, 4) is 5.75 Å². The van der Waals surface area contributed by atoms with Crippen molar-refractivity contribution in [1.82, 2.24) is 15.3 Å². The molecule has 2 aromatic carbocycles. The van der Waals surface area contributed by atoms with Crippen LogP contribution in [0.15, 0.2) is 73.1 Å². The van der Waals surface area contributed by atoms with Crippen LogP contribution in [0.5, 0.6) is 5.75 Å². The third-order valence-corrected chi connectivity index (χ3v) is 6.18. The minimum Gasteiger partial charge on any atom is -0.406 e. The van der Waals surface area contributed by atoms with Crippen LogP contribution in [0.25, 0.3) is 0 Å². The Labute approximate surface area is 208 Å². The molecule has 3 aromatic rings. The van der Waals surface area contributed by atoms with Crippen LogP contribution in [0, 0.1) is 0 Å². The van der Waals surface area contributed by atoms with Crippen LogP contribution in [0.2, 0.25) is 0 Å². The number of hydrogen-bond acceptors (Lipinski definition) is 6. The van der Waals surface area contributed by atoms with E-state index in [2.05, 4.69) is 20.6 Å². The van der Waals surface area contributed by atoms with Crippen LogP contribution >= 0.6 is 0 Å². The van der Waals surface area contributed by atoms with Crippen LogP contribution < -0.4 is 20.5 Å². The maximum absolute atomic E-state index is 13.4. The molecular formula is C25H20F3N5O4. The number of imide groups is 1. The van der Waals surface area contributed by atoms with Crippen LogP contribution in [-0.2, 0) is 11.3 Å². The third-order valence-electron chi connectivity index (χ3n) is 6.18. The molecule has 1 saturated heterocycles. The summed E-state index contributed by atoms with van der Waals surface area (Å²) in [7, 11) is 0. The predicted octanol–water partition coefficient (Wildman–Crippen LogP) is 4.24. The molecule has 2 heterocycles. The van der Waals surface area contributed by atoms with Crippen LogP contribution in [0.3, 0.4) is 0 Å². The number of alkyl halides is 3. The second-order valence-electron chi connectivity index (χ2n) is 8.56. The number of carbonyl (C=O) groups excluding carboxylic acids is 3. The van der Waals surface area contributed by atoms with Gasteiger partial charge in [-0.05, 0) is 60.9 Å². The molecule has 12 heteroatoms. The SMILES string of the molecule is O=C(NNc1cnccc1CN1C(=O)N(c2ccc(OC(F)(F)F)cc2)C(=O)C12CC2)c1ccccc1. The summed E-state index contributed by atoms with van der Waals surface area (Å²) >= 11 is 0. The number of pyridine rings is 1. The van der Waals surface area contributed by atoms with E-state index in [-0.39, 0.29) is 18.1 Å². The largest absolute Gasteiger partial charge is 0.573 e. The fourth-order valence-corrected chi connectivity index (χ4v) is 4.19. The number of nitrogens with one attached hydrogen (secondary N) is 2. The first-order valence-corrected chi connectivity index (χ1v) is 11.2. The minimum absolute atomic E-state index is 0.0441. The first kappa shape index (κ1) is 24.1. The number of amides is 4. The Kier molecular flexibility index (Phi) is 5.94. The fourth-order valence-electron chi connectivity index (χ4n) is 4.19. The molecule has 1 aliphatic carbocycles. The molecule has 2 aliphatic rings. The Balaban J connectivity index is 1.33. The Hall–Kier alpha value is -4.61. The maximum atomic E-state index is 13.4. The Morgan fingerprint density at radius 1 is 1.03 bits per heavy atom. The molecule has 2 N–H and O–H groups in total. The van der Waals surface area contributed by atoms with Gasteiger partial charge in [0, 0.05) is 11.8 Å². The number of benzene rings is 2. The Morgan fingerprint density at radius 2 is 1.73 bits per heavy atom. The van der Waals surface area contributed by atoms with Gasteiger partial charge in [-0.2, -0.15) is 0 Å². The van der Waals surface area contributed by atoms with Crippen molar-refractivity contribution in [2.75, 3.05) is 10.3 Å². The van der Waals surface area contributed by atoms with E-state index in [4.69, 9.17) is 0 Å². The monoisotopic (exact) mass is 511 g/mol. The molecule has 0 unspecified atom stereocenters. The zero-order chi connectivity index (χ0) is 26.2. The number of ether oxygens (including phenoxy) is 1. The van der Waals surface area contributed by atoms with Crippen molar-refractivity contribution in [2.45, 2.75) is 31.3 Å². The van der Waals surface area contributed by atoms with Crippen molar-refractivity contribution in [1.29, 1.82) is 0 Å². The summed E-state index contributed by atoms with van der Waals surface area (Å²) in [6, 6.07) is 14.2. The summed E-state index contributed by atoms with van der Waals surface area (Å²) in [5, 5.41) is 0. The predicted molar refractivity (Wildman–Crippen MR) is 125 cm³/mol. The molecule has 37 heavy (non-hydrogen) atoms. The highest BCUT2D eigenvalue weighted by atomic mass is 19.4. The molecule has 0 radical (unpaired) electrons. The highest BCUT2D eigenvalue weighted by Crippen LogP contribution is 2.50. The first-order valence-electron chi connectivity index (χ1n) is 11.2. The van der Waals surface area contributed by atoms with E-state index in [0.29, 0.717) is 29.7 Å². The van der Waals surface area contributed by atoms with Gasteiger partial charge in [-0.25, -0.2) is 9.69 Å². The fraction of sp³-hybridized carbons (Fsp3) is 0.200. The lowest BCUT2D eigenvalue weighted by Crippen LogP contribution is -2.37. The summed E-state index contributed by atoms with van der Waals surface area (Å²) in [6.45, 7) is 0.0441. The van der Waals surface area contributed by atoms with Gasteiger partial charge in [-0.15, -0.1) is 13.2 Å².